The number of primary amides is 1. The third-order valence-corrected chi connectivity index (χ3v) is 1.75. The van der Waals surface area contributed by atoms with E-state index in [1.54, 1.807) is 6.21 Å². The van der Waals surface area contributed by atoms with Crippen molar-refractivity contribution in [2.24, 2.45) is 10.7 Å². The second kappa shape index (κ2) is 4.40. The number of urea groups is 1. The summed E-state index contributed by atoms with van der Waals surface area (Å²) < 4.78 is 0. The first-order valence-electron chi connectivity index (χ1n) is 4.08. The summed E-state index contributed by atoms with van der Waals surface area (Å²) in [4.78, 5) is 13.9. The minimum Gasteiger partial charge on any atom is -0.350 e. The van der Waals surface area contributed by atoms with E-state index in [0.29, 0.717) is 0 Å². The second-order valence-electron chi connectivity index (χ2n) is 2.82. The van der Waals surface area contributed by atoms with Crippen LogP contribution in [0, 0.1) is 0 Å². The summed E-state index contributed by atoms with van der Waals surface area (Å²) in [5, 5.41) is 0. The first-order valence-corrected chi connectivity index (χ1v) is 4.08. The molecule has 0 aliphatic heterocycles. The number of carbonyl (C=O) groups excluding carboxylic acids is 1. The van der Waals surface area contributed by atoms with Crippen molar-refractivity contribution in [3.8, 4) is 0 Å². The summed E-state index contributed by atoms with van der Waals surface area (Å²) >= 11 is 0. The molecule has 0 aliphatic carbocycles. The van der Waals surface area contributed by atoms with E-state index in [4.69, 9.17) is 5.73 Å². The summed E-state index contributed by atoms with van der Waals surface area (Å²) in [6.07, 6.45) is 1.55. The lowest BCUT2D eigenvalue weighted by atomic mass is 10.0. The van der Waals surface area contributed by atoms with Crippen molar-refractivity contribution in [3.63, 3.8) is 0 Å². The molecular weight excluding hydrogens is 164 g/mol. The Hall–Kier alpha value is -1.64. The topological polar surface area (TPSA) is 55.4 Å². The molecule has 0 saturated carbocycles. The fourth-order valence-corrected chi connectivity index (χ4v) is 1.03. The molecule has 0 saturated heterocycles. The number of aliphatic imine (C=N–C) groups is 1. The first-order chi connectivity index (χ1) is 6.20. The van der Waals surface area contributed by atoms with Gasteiger partial charge in [-0.1, -0.05) is 37.3 Å². The van der Waals surface area contributed by atoms with Gasteiger partial charge in [0.2, 0.25) is 0 Å². The summed E-state index contributed by atoms with van der Waals surface area (Å²) in [7, 11) is 0. The molecular formula is C10H12N2O. The molecule has 1 atom stereocenters. The van der Waals surface area contributed by atoms with Crippen molar-refractivity contribution in [2.75, 3.05) is 0 Å². The Balaban J connectivity index is 2.69. The standard InChI is InChI=1S/C10H12N2O/c1-8(7-12-10(11)13)9-5-3-2-4-6-9/h2-8H,1H3,(H2,11,13). The van der Waals surface area contributed by atoms with Crippen LogP contribution in [-0.4, -0.2) is 12.2 Å². The van der Waals surface area contributed by atoms with Gasteiger partial charge in [0, 0.05) is 12.1 Å². The number of benzene rings is 1. The van der Waals surface area contributed by atoms with Crippen molar-refractivity contribution in [2.45, 2.75) is 12.8 Å². The Labute approximate surface area is 77.3 Å². The lowest BCUT2D eigenvalue weighted by Crippen LogP contribution is -2.06. The summed E-state index contributed by atoms with van der Waals surface area (Å²) in [5.41, 5.74) is 6.00. The van der Waals surface area contributed by atoms with Gasteiger partial charge in [-0.3, -0.25) is 0 Å². The fourth-order valence-electron chi connectivity index (χ4n) is 1.03. The lowest BCUT2D eigenvalue weighted by Gasteiger charge is -2.03. The van der Waals surface area contributed by atoms with Crippen LogP contribution in [0.2, 0.25) is 0 Å². The summed E-state index contributed by atoms with van der Waals surface area (Å²) in [6.45, 7) is 1.96. The average Bonchev–Trinajstić information content (AvgIpc) is 2.15. The predicted octanol–water partition coefficient (Wildman–Crippen LogP) is 1.94. The quantitative estimate of drug-likeness (QED) is 0.688. The van der Waals surface area contributed by atoms with Gasteiger partial charge in [-0.2, -0.15) is 0 Å². The third kappa shape index (κ3) is 3.07. The number of hydrogen-bond acceptors (Lipinski definition) is 1. The molecule has 68 valence electrons. The van der Waals surface area contributed by atoms with Gasteiger partial charge in [-0.05, 0) is 5.56 Å². The highest BCUT2D eigenvalue weighted by atomic mass is 16.2. The van der Waals surface area contributed by atoms with Crippen molar-refractivity contribution in [1.29, 1.82) is 0 Å². The zero-order valence-electron chi connectivity index (χ0n) is 7.47. The highest BCUT2D eigenvalue weighted by molar-refractivity contribution is 5.84. The van der Waals surface area contributed by atoms with E-state index in [2.05, 4.69) is 4.99 Å². The van der Waals surface area contributed by atoms with E-state index in [1.807, 2.05) is 37.3 Å². The van der Waals surface area contributed by atoms with E-state index >= 15 is 0 Å². The van der Waals surface area contributed by atoms with Crippen LogP contribution in [0.3, 0.4) is 0 Å². The van der Waals surface area contributed by atoms with Crippen molar-refractivity contribution in [3.05, 3.63) is 35.9 Å². The van der Waals surface area contributed by atoms with Gasteiger partial charge >= 0.3 is 6.03 Å². The SMILES string of the molecule is CC(C=NC(N)=O)c1ccccc1. The van der Waals surface area contributed by atoms with E-state index in [1.165, 1.54) is 0 Å². The number of nitrogens with zero attached hydrogens (tertiary/aromatic N) is 1. The normalized spacial score (nSPS) is 13.0. The lowest BCUT2D eigenvalue weighted by molar-refractivity contribution is 0.257. The molecule has 2 amide bonds. The van der Waals surface area contributed by atoms with Crippen molar-refractivity contribution >= 4 is 12.2 Å². The Morgan fingerprint density at radius 3 is 2.62 bits per heavy atom. The Kier molecular flexibility index (Phi) is 3.20. The Bertz CT molecular complexity index is 306. The van der Waals surface area contributed by atoms with E-state index in [0.717, 1.165) is 5.56 Å². The predicted molar refractivity (Wildman–Crippen MR) is 52.9 cm³/mol. The fraction of sp³-hybridized carbons (Fsp3) is 0.200. The van der Waals surface area contributed by atoms with Crippen LogP contribution in [0.25, 0.3) is 0 Å². The molecule has 13 heavy (non-hydrogen) atoms. The molecule has 2 N–H and O–H groups in total. The van der Waals surface area contributed by atoms with Crippen LogP contribution >= 0.6 is 0 Å². The Morgan fingerprint density at radius 2 is 2.08 bits per heavy atom. The molecule has 1 rings (SSSR count). The van der Waals surface area contributed by atoms with Crippen LogP contribution in [0.15, 0.2) is 35.3 Å². The molecule has 0 spiro atoms. The molecule has 0 radical (unpaired) electrons. The molecule has 1 aromatic rings. The minimum absolute atomic E-state index is 0.119. The number of amides is 2. The van der Waals surface area contributed by atoms with Gasteiger partial charge in [-0.25, -0.2) is 9.79 Å². The van der Waals surface area contributed by atoms with Crippen molar-refractivity contribution < 1.29 is 4.79 Å². The number of nitrogens with two attached hydrogens (primary N) is 1. The van der Waals surface area contributed by atoms with E-state index in [-0.39, 0.29) is 5.92 Å². The molecule has 0 bridgehead atoms. The minimum atomic E-state index is -0.650. The first kappa shape index (κ1) is 9.45. The zero-order chi connectivity index (χ0) is 9.68. The smallest absolute Gasteiger partial charge is 0.337 e. The third-order valence-electron chi connectivity index (χ3n) is 1.75. The zero-order valence-corrected chi connectivity index (χ0v) is 7.47. The molecule has 3 heteroatoms. The number of hydrogen-bond donors (Lipinski definition) is 1. The van der Waals surface area contributed by atoms with Crippen molar-refractivity contribution in [1.82, 2.24) is 0 Å². The monoisotopic (exact) mass is 176 g/mol. The second-order valence-corrected chi connectivity index (χ2v) is 2.82. The Morgan fingerprint density at radius 1 is 1.46 bits per heavy atom. The summed E-state index contributed by atoms with van der Waals surface area (Å²) in [6, 6.07) is 9.16. The summed E-state index contributed by atoms with van der Waals surface area (Å²) in [5.74, 6) is 0.119. The maximum absolute atomic E-state index is 10.4. The van der Waals surface area contributed by atoms with Gasteiger partial charge in [0.1, 0.15) is 0 Å². The molecule has 1 aromatic carbocycles. The van der Waals surface area contributed by atoms with Crippen LogP contribution in [0.4, 0.5) is 4.79 Å². The van der Waals surface area contributed by atoms with E-state index in [9.17, 15) is 4.79 Å². The van der Waals surface area contributed by atoms with Crippen LogP contribution < -0.4 is 5.73 Å². The highest BCUT2D eigenvalue weighted by Gasteiger charge is 2.00. The maximum atomic E-state index is 10.4. The maximum Gasteiger partial charge on any atom is 0.337 e. The number of rotatable bonds is 2. The molecule has 0 heterocycles. The number of carbonyl (C=O) groups is 1. The van der Waals surface area contributed by atoms with E-state index < -0.39 is 6.03 Å². The largest absolute Gasteiger partial charge is 0.350 e. The van der Waals surface area contributed by atoms with Gasteiger partial charge in [0.05, 0.1) is 0 Å². The molecule has 0 aromatic heterocycles. The molecule has 1 unspecified atom stereocenters. The highest BCUT2D eigenvalue weighted by Crippen LogP contribution is 2.11. The molecule has 3 nitrogen and oxygen atoms in total. The van der Waals surface area contributed by atoms with Gasteiger partial charge < -0.3 is 5.73 Å². The van der Waals surface area contributed by atoms with Crippen LogP contribution in [-0.2, 0) is 0 Å². The van der Waals surface area contributed by atoms with Gasteiger partial charge in [0.15, 0.2) is 0 Å². The van der Waals surface area contributed by atoms with Gasteiger partial charge in [-0.15, -0.1) is 0 Å². The molecule has 0 aliphatic rings. The molecule has 0 fully saturated rings. The van der Waals surface area contributed by atoms with Gasteiger partial charge in [0.25, 0.3) is 0 Å². The average molecular weight is 176 g/mol. The van der Waals surface area contributed by atoms with Crippen LogP contribution in [0.1, 0.15) is 18.4 Å². The van der Waals surface area contributed by atoms with Crippen LogP contribution in [0.5, 0.6) is 0 Å².